The Kier molecular flexibility index (Phi) is 2.83. The van der Waals surface area contributed by atoms with Crippen LogP contribution in [0.5, 0.6) is 0 Å². The monoisotopic (exact) mass is 247 g/mol. The van der Waals surface area contributed by atoms with Gasteiger partial charge in [0.1, 0.15) is 0 Å². The third kappa shape index (κ3) is 2.00. The number of alkyl halides is 2. The van der Waals surface area contributed by atoms with E-state index in [4.69, 9.17) is 0 Å². The number of ketones is 1. The van der Waals surface area contributed by atoms with E-state index >= 15 is 0 Å². The number of hydrogen-bond donors (Lipinski definition) is 1. The summed E-state index contributed by atoms with van der Waals surface area (Å²) >= 11 is 0. The van der Waals surface area contributed by atoms with E-state index in [1.54, 1.807) is 0 Å². The Morgan fingerprint density at radius 2 is 1.88 bits per heavy atom. The van der Waals surface area contributed by atoms with Crippen LogP contribution >= 0.6 is 0 Å². The number of amides is 1. The second-order valence-electron chi connectivity index (χ2n) is 4.84. The molecule has 2 rings (SSSR count). The number of Topliss-reactive ketones (excluding diaryl/α,β-unsaturated/α-hetero) is 1. The largest absolute Gasteiger partial charge is 0.453 e. The van der Waals surface area contributed by atoms with Crippen molar-refractivity contribution in [2.75, 3.05) is 7.11 Å². The number of nitrogens with one attached hydrogen (secondary N) is 1. The molecular formula is C11H15F2NO3. The van der Waals surface area contributed by atoms with Gasteiger partial charge in [-0.15, -0.1) is 0 Å². The topological polar surface area (TPSA) is 55.4 Å². The fraction of sp³-hybridized carbons (Fsp3) is 0.818. The Balaban J connectivity index is 1.96. The van der Waals surface area contributed by atoms with Gasteiger partial charge in [-0.3, -0.25) is 4.79 Å². The molecule has 0 bridgehead atoms. The first-order chi connectivity index (χ1) is 7.87. The lowest BCUT2D eigenvalue weighted by molar-refractivity contribution is -0.120. The first-order valence-corrected chi connectivity index (χ1v) is 5.60. The summed E-state index contributed by atoms with van der Waals surface area (Å²) in [6, 6.07) is -0.703. The second kappa shape index (κ2) is 3.92. The SMILES string of the molecule is COC(=O)NC(C(C)=O)C1C[C@@H]2[C@H](C1)C2(F)F. The molecule has 0 aromatic carbocycles. The normalized spacial score (nSPS) is 34.7. The van der Waals surface area contributed by atoms with Gasteiger partial charge in [0.05, 0.1) is 13.2 Å². The third-order valence-electron chi connectivity index (χ3n) is 3.85. The average molecular weight is 247 g/mol. The lowest BCUT2D eigenvalue weighted by Gasteiger charge is -2.23. The maximum absolute atomic E-state index is 13.0. The smallest absolute Gasteiger partial charge is 0.407 e. The minimum atomic E-state index is -2.55. The fourth-order valence-electron chi connectivity index (χ4n) is 2.86. The highest BCUT2D eigenvalue weighted by Crippen LogP contribution is 2.66. The Morgan fingerprint density at radius 1 is 1.35 bits per heavy atom. The van der Waals surface area contributed by atoms with Crippen LogP contribution in [-0.2, 0) is 9.53 Å². The van der Waals surface area contributed by atoms with Gasteiger partial charge in [0.25, 0.3) is 5.92 Å². The van der Waals surface area contributed by atoms with Crippen LogP contribution in [0.25, 0.3) is 0 Å². The molecule has 4 nitrogen and oxygen atoms in total. The Bertz CT molecular complexity index is 345. The molecule has 6 heteroatoms. The number of alkyl carbamates (subject to hydrolysis) is 1. The highest BCUT2D eigenvalue weighted by molar-refractivity contribution is 5.85. The molecule has 0 heterocycles. The highest BCUT2D eigenvalue weighted by atomic mass is 19.3. The van der Waals surface area contributed by atoms with Crippen LogP contribution in [0.3, 0.4) is 0 Å². The van der Waals surface area contributed by atoms with Gasteiger partial charge in [-0.25, -0.2) is 13.6 Å². The fourth-order valence-corrected chi connectivity index (χ4v) is 2.86. The lowest BCUT2D eigenvalue weighted by atomic mass is 9.91. The van der Waals surface area contributed by atoms with Crippen LogP contribution in [0.4, 0.5) is 13.6 Å². The Labute approximate surface area is 97.7 Å². The van der Waals surface area contributed by atoms with Crippen molar-refractivity contribution >= 4 is 11.9 Å². The number of methoxy groups -OCH3 is 1. The molecule has 0 saturated heterocycles. The van der Waals surface area contributed by atoms with Crippen LogP contribution in [-0.4, -0.2) is 31.0 Å². The van der Waals surface area contributed by atoms with E-state index in [0.29, 0.717) is 12.8 Å². The molecule has 1 N–H and O–H groups in total. The molecule has 4 atom stereocenters. The number of halogens is 2. The standard InChI is InChI=1S/C11H15F2NO3/c1-5(15)9(14-10(16)17-2)6-3-7-8(4-6)11(7,12)13/h6-9H,3-4H2,1-2H3,(H,14,16)/t6?,7-,8+,9?. The van der Waals surface area contributed by atoms with Crippen LogP contribution in [0.2, 0.25) is 0 Å². The first-order valence-electron chi connectivity index (χ1n) is 5.60. The second-order valence-corrected chi connectivity index (χ2v) is 4.84. The highest BCUT2D eigenvalue weighted by Gasteiger charge is 2.72. The molecule has 0 radical (unpaired) electrons. The quantitative estimate of drug-likeness (QED) is 0.824. The van der Waals surface area contributed by atoms with Gasteiger partial charge in [-0.2, -0.15) is 0 Å². The molecule has 2 aliphatic carbocycles. The molecule has 96 valence electrons. The van der Waals surface area contributed by atoms with Crippen LogP contribution < -0.4 is 5.32 Å². The predicted molar refractivity (Wildman–Crippen MR) is 54.7 cm³/mol. The van der Waals surface area contributed by atoms with Crippen molar-refractivity contribution in [3.63, 3.8) is 0 Å². The van der Waals surface area contributed by atoms with Crippen LogP contribution in [0.15, 0.2) is 0 Å². The van der Waals surface area contributed by atoms with Crippen molar-refractivity contribution < 1.29 is 23.1 Å². The lowest BCUT2D eigenvalue weighted by Crippen LogP contribution is -2.45. The molecule has 0 aliphatic heterocycles. The molecule has 2 aliphatic rings. The number of hydrogen-bond acceptors (Lipinski definition) is 3. The molecule has 2 unspecified atom stereocenters. The summed E-state index contributed by atoms with van der Waals surface area (Å²) in [6.07, 6.45) is -0.102. The van der Waals surface area contributed by atoms with Crippen LogP contribution in [0, 0.1) is 17.8 Å². The van der Waals surface area contributed by atoms with Crippen molar-refractivity contribution in [1.29, 1.82) is 0 Å². The van der Waals surface area contributed by atoms with E-state index in [1.807, 2.05) is 0 Å². The van der Waals surface area contributed by atoms with E-state index in [1.165, 1.54) is 14.0 Å². The zero-order valence-corrected chi connectivity index (χ0v) is 9.70. The van der Waals surface area contributed by atoms with Gasteiger partial charge in [0.2, 0.25) is 0 Å². The van der Waals surface area contributed by atoms with E-state index in [9.17, 15) is 18.4 Å². The molecule has 0 spiro atoms. The molecule has 2 saturated carbocycles. The summed E-state index contributed by atoms with van der Waals surface area (Å²) in [5.74, 6) is -4.17. The number of carbonyl (C=O) groups excluding carboxylic acids is 2. The van der Waals surface area contributed by atoms with E-state index < -0.39 is 29.9 Å². The zero-order chi connectivity index (χ0) is 12.8. The summed E-state index contributed by atoms with van der Waals surface area (Å²) < 4.78 is 30.4. The van der Waals surface area contributed by atoms with Crippen molar-refractivity contribution in [2.45, 2.75) is 31.7 Å². The number of carbonyl (C=O) groups is 2. The van der Waals surface area contributed by atoms with Gasteiger partial charge in [0, 0.05) is 11.8 Å². The van der Waals surface area contributed by atoms with Crippen molar-refractivity contribution in [1.82, 2.24) is 5.32 Å². The average Bonchev–Trinajstić information content (AvgIpc) is 2.69. The summed E-state index contributed by atoms with van der Waals surface area (Å²) in [6.45, 7) is 1.35. The molecule has 0 aromatic rings. The van der Waals surface area contributed by atoms with Gasteiger partial charge >= 0.3 is 6.09 Å². The van der Waals surface area contributed by atoms with Gasteiger partial charge in [0.15, 0.2) is 5.78 Å². The molecule has 0 aromatic heterocycles. The van der Waals surface area contributed by atoms with E-state index in [0.717, 1.165) is 0 Å². The van der Waals surface area contributed by atoms with Crippen LogP contribution in [0.1, 0.15) is 19.8 Å². The third-order valence-corrected chi connectivity index (χ3v) is 3.85. The summed E-state index contributed by atoms with van der Waals surface area (Å²) in [4.78, 5) is 22.5. The van der Waals surface area contributed by atoms with Crippen molar-refractivity contribution in [3.05, 3.63) is 0 Å². The number of rotatable bonds is 3. The van der Waals surface area contributed by atoms with Crippen molar-refractivity contribution in [3.8, 4) is 0 Å². The first kappa shape index (κ1) is 12.3. The van der Waals surface area contributed by atoms with Crippen molar-refractivity contribution in [2.24, 2.45) is 17.8 Å². The Morgan fingerprint density at radius 3 is 2.29 bits per heavy atom. The maximum Gasteiger partial charge on any atom is 0.407 e. The minimum absolute atomic E-state index is 0.193. The zero-order valence-electron chi connectivity index (χ0n) is 9.70. The van der Waals surface area contributed by atoms with Gasteiger partial charge in [-0.05, 0) is 25.7 Å². The molecule has 17 heavy (non-hydrogen) atoms. The maximum atomic E-state index is 13.0. The number of fused-ring (bicyclic) bond motifs is 1. The predicted octanol–water partition coefficient (Wildman–Crippen LogP) is 1.59. The number of ether oxygens (including phenoxy) is 1. The molecular weight excluding hydrogens is 232 g/mol. The summed E-state index contributed by atoms with van der Waals surface area (Å²) in [7, 11) is 1.20. The Hall–Kier alpha value is -1.20. The van der Waals surface area contributed by atoms with E-state index in [-0.39, 0.29) is 11.7 Å². The van der Waals surface area contributed by atoms with Gasteiger partial charge in [-0.1, -0.05) is 0 Å². The van der Waals surface area contributed by atoms with Gasteiger partial charge < -0.3 is 10.1 Å². The van der Waals surface area contributed by atoms with E-state index in [2.05, 4.69) is 10.1 Å². The summed E-state index contributed by atoms with van der Waals surface area (Å²) in [5.41, 5.74) is 0. The molecule has 1 amide bonds. The minimum Gasteiger partial charge on any atom is -0.453 e. The summed E-state index contributed by atoms with van der Waals surface area (Å²) in [5, 5.41) is 2.42. The molecule has 2 fully saturated rings.